The van der Waals surface area contributed by atoms with Crippen LogP contribution in [0.1, 0.15) is 19.0 Å². The summed E-state index contributed by atoms with van der Waals surface area (Å²) in [6.07, 6.45) is 0.819. The van der Waals surface area contributed by atoms with E-state index in [0.29, 0.717) is 12.2 Å². The molecule has 0 amide bonds. The smallest absolute Gasteiger partial charge is 0.248 e. The molecule has 2 heterocycles. The summed E-state index contributed by atoms with van der Waals surface area (Å²) in [6.45, 7) is 5.80. The minimum absolute atomic E-state index is 0.0773. The van der Waals surface area contributed by atoms with Crippen molar-refractivity contribution >= 4 is 15.8 Å². The van der Waals surface area contributed by atoms with Gasteiger partial charge >= 0.3 is 0 Å². The third kappa shape index (κ3) is 2.55. The molecule has 0 spiro atoms. The van der Waals surface area contributed by atoms with Gasteiger partial charge in [-0.3, -0.25) is 4.68 Å². The average Bonchev–Trinajstić information content (AvgIpc) is 2.48. The van der Waals surface area contributed by atoms with Crippen molar-refractivity contribution in [2.24, 2.45) is 7.05 Å². The maximum absolute atomic E-state index is 12.9. The number of nitrogens with two attached hydrogens (primary N) is 1. The average molecular weight is 301 g/mol. The van der Waals surface area contributed by atoms with Crippen LogP contribution in [0, 0.1) is 6.92 Å². The summed E-state index contributed by atoms with van der Waals surface area (Å²) in [4.78, 5) is 2.30. The molecule has 1 aromatic heterocycles. The molecule has 1 aliphatic heterocycles. The van der Waals surface area contributed by atoms with Crippen LogP contribution in [0.4, 0.5) is 5.82 Å². The predicted octanol–water partition coefficient (Wildman–Crippen LogP) is 0.0254. The monoisotopic (exact) mass is 301 g/mol. The van der Waals surface area contributed by atoms with Gasteiger partial charge in [0.2, 0.25) is 10.0 Å². The van der Waals surface area contributed by atoms with Crippen LogP contribution in [-0.4, -0.2) is 60.1 Å². The van der Waals surface area contributed by atoms with Gasteiger partial charge in [-0.15, -0.1) is 0 Å². The third-order valence-electron chi connectivity index (χ3n) is 3.86. The highest BCUT2D eigenvalue weighted by molar-refractivity contribution is 7.89. The quantitative estimate of drug-likeness (QED) is 0.833. The molecule has 2 N–H and O–H groups in total. The van der Waals surface area contributed by atoms with Gasteiger partial charge in [-0.25, -0.2) is 8.42 Å². The lowest BCUT2D eigenvalue weighted by Crippen LogP contribution is -2.42. The van der Waals surface area contributed by atoms with Crippen molar-refractivity contribution in [1.82, 2.24) is 19.0 Å². The van der Waals surface area contributed by atoms with Crippen LogP contribution in [0.5, 0.6) is 0 Å². The molecule has 1 atom stereocenters. The van der Waals surface area contributed by atoms with Gasteiger partial charge in [-0.05, 0) is 33.9 Å². The SMILES string of the molecule is Cc1c(S(=O)(=O)N2CCCN(C)CC2C)c(N)nn1C. The van der Waals surface area contributed by atoms with Crippen molar-refractivity contribution in [1.29, 1.82) is 0 Å². The fourth-order valence-electron chi connectivity index (χ4n) is 2.76. The fraction of sp³-hybridized carbons (Fsp3) is 0.750. The molecule has 1 aliphatic rings. The Balaban J connectivity index is 2.44. The van der Waals surface area contributed by atoms with Gasteiger partial charge in [0.1, 0.15) is 4.90 Å². The maximum Gasteiger partial charge on any atom is 0.248 e. The van der Waals surface area contributed by atoms with Crippen LogP contribution in [0.25, 0.3) is 0 Å². The first kappa shape index (κ1) is 15.3. The van der Waals surface area contributed by atoms with Crippen molar-refractivity contribution in [2.75, 3.05) is 32.4 Å². The first-order valence-electron chi connectivity index (χ1n) is 6.74. The lowest BCUT2D eigenvalue weighted by Gasteiger charge is -2.27. The van der Waals surface area contributed by atoms with E-state index in [2.05, 4.69) is 10.00 Å². The van der Waals surface area contributed by atoms with E-state index in [0.717, 1.165) is 19.5 Å². The van der Waals surface area contributed by atoms with Crippen LogP contribution in [0.15, 0.2) is 4.90 Å². The van der Waals surface area contributed by atoms with Gasteiger partial charge in [-0.2, -0.15) is 9.40 Å². The second-order valence-electron chi connectivity index (χ2n) is 5.50. The van der Waals surface area contributed by atoms with Crippen LogP contribution in [0.2, 0.25) is 0 Å². The van der Waals surface area contributed by atoms with E-state index >= 15 is 0 Å². The van der Waals surface area contributed by atoms with E-state index in [9.17, 15) is 8.42 Å². The van der Waals surface area contributed by atoms with Crippen molar-refractivity contribution in [3.63, 3.8) is 0 Å². The largest absolute Gasteiger partial charge is 0.381 e. The number of nitrogens with zero attached hydrogens (tertiary/aromatic N) is 4. The van der Waals surface area contributed by atoms with E-state index in [4.69, 9.17) is 5.73 Å². The molecule has 114 valence electrons. The predicted molar refractivity (Wildman–Crippen MR) is 77.8 cm³/mol. The highest BCUT2D eigenvalue weighted by Crippen LogP contribution is 2.27. The zero-order valence-electron chi connectivity index (χ0n) is 12.5. The second-order valence-corrected chi connectivity index (χ2v) is 7.33. The van der Waals surface area contributed by atoms with E-state index in [1.807, 2.05) is 14.0 Å². The summed E-state index contributed by atoms with van der Waals surface area (Å²) in [5.41, 5.74) is 6.37. The third-order valence-corrected chi connectivity index (χ3v) is 6.04. The molecule has 0 aromatic carbocycles. The van der Waals surface area contributed by atoms with Gasteiger partial charge in [0.05, 0.1) is 5.69 Å². The van der Waals surface area contributed by atoms with Crippen LogP contribution in [0.3, 0.4) is 0 Å². The topological polar surface area (TPSA) is 84.5 Å². The fourth-order valence-corrected chi connectivity index (χ4v) is 4.71. The highest BCUT2D eigenvalue weighted by atomic mass is 32.2. The molecule has 0 bridgehead atoms. The Hall–Kier alpha value is -1.12. The lowest BCUT2D eigenvalue weighted by atomic mass is 10.3. The molecule has 8 heteroatoms. The Kier molecular flexibility index (Phi) is 4.08. The Morgan fingerprint density at radius 2 is 1.95 bits per heavy atom. The number of hydrogen-bond donors (Lipinski definition) is 1. The molecule has 1 fully saturated rings. The number of sulfonamides is 1. The molecule has 1 unspecified atom stereocenters. The number of nitrogen functional groups attached to an aromatic ring is 1. The Labute approximate surface area is 120 Å². The molecule has 7 nitrogen and oxygen atoms in total. The highest BCUT2D eigenvalue weighted by Gasteiger charge is 2.35. The second kappa shape index (κ2) is 5.34. The van der Waals surface area contributed by atoms with Crippen molar-refractivity contribution in [3.8, 4) is 0 Å². The number of rotatable bonds is 2. The summed E-state index contributed by atoms with van der Waals surface area (Å²) in [5, 5.41) is 4.01. The first-order valence-corrected chi connectivity index (χ1v) is 8.18. The zero-order valence-corrected chi connectivity index (χ0v) is 13.3. The molecular weight excluding hydrogens is 278 g/mol. The molecule has 0 radical (unpaired) electrons. The Bertz CT molecular complexity index is 595. The minimum atomic E-state index is -3.60. The van der Waals surface area contributed by atoms with Gasteiger partial charge in [-0.1, -0.05) is 0 Å². The molecule has 1 aromatic rings. The normalized spacial score (nSPS) is 22.9. The molecule has 0 aliphatic carbocycles. The minimum Gasteiger partial charge on any atom is -0.381 e. The lowest BCUT2D eigenvalue weighted by molar-refractivity contribution is 0.290. The maximum atomic E-state index is 12.9. The summed E-state index contributed by atoms with van der Waals surface area (Å²) >= 11 is 0. The van der Waals surface area contributed by atoms with Gasteiger partial charge in [0, 0.05) is 26.2 Å². The molecule has 0 saturated carbocycles. The Morgan fingerprint density at radius 1 is 1.30 bits per heavy atom. The van der Waals surface area contributed by atoms with Crippen molar-refractivity contribution < 1.29 is 8.42 Å². The molecule has 20 heavy (non-hydrogen) atoms. The Morgan fingerprint density at radius 3 is 2.50 bits per heavy atom. The van der Waals surface area contributed by atoms with Crippen LogP contribution >= 0.6 is 0 Å². The molecule has 2 rings (SSSR count). The molecule has 1 saturated heterocycles. The van der Waals surface area contributed by atoms with Crippen LogP contribution in [-0.2, 0) is 17.1 Å². The van der Waals surface area contributed by atoms with Crippen molar-refractivity contribution in [2.45, 2.75) is 31.2 Å². The number of aromatic nitrogens is 2. The number of hydrogen-bond acceptors (Lipinski definition) is 5. The van der Waals surface area contributed by atoms with E-state index in [1.54, 1.807) is 18.3 Å². The summed E-state index contributed by atoms with van der Waals surface area (Å²) in [6, 6.07) is -0.0773. The number of aryl methyl sites for hydroxylation is 1. The van der Waals surface area contributed by atoms with Crippen LogP contribution < -0.4 is 5.73 Å². The van der Waals surface area contributed by atoms with Gasteiger partial charge < -0.3 is 10.6 Å². The van der Waals surface area contributed by atoms with Crippen molar-refractivity contribution in [3.05, 3.63) is 5.69 Å². The first-order chi connectivity index (χ1) is 9.25. The van der Waals surface area contributed by atoms with Gasteiger partial charge in [0.15, 0.2) is 5.82 Å². The van der Waals surface area contributed by atoms with Gasteiger partial charge in [0.25, 0.3) is 0 Å². The number of likely N-dealkylation sites (N-methyl/N-ethyl adjacent to an activating group) is 1. The van der Waals surface area contributed by atoms with E-state index in [1.165, 1.54) is 4.68 Å². The zero-order chi connectivity index (χ0) is 15.1. The van der Waals surface area contributed by atoms with E-state index < -0.39 is 10.0 Å². The summed E-state index contributed by atoms with van der Waals surface area (Å²) < 4.78 is 28.8. The standard InChI is InChI=1S/C12H23N5O2S/c1-9-8-15(3)6-5-7-17(9)20(18,19)11-10(2)16(4)14-12(11)13/h9H,5-8H2,1-4H3,(H2,13,14). The summed E-state index contributed by atoms with van der Waals surface area (Å²) in [5.74, 6) is 0.0785. The summed E-state index contributed by atoms with van der Waals surface area (Å²) in [7, 11) is 0.109. The van der Waals surface area contributed by atoms with E-state index in [-0.39, 0.29) is 16.8 Å². The number of anilines is 1. The molecular formula is C12H23N5O2S.